The van der Waals surface area contributed by atoms with Crippen LogP contribution in [0.5, 0.6) is 5.75 Å². The predicted octanol–water partition coefficient (Wildman–Crippen LogP) is 4.93. The van der Waals surface area contributed by atoms with Gasteiger partial charge in [-0.3, -0.25) is 4.90 Å². The molecule has 0 aromatic heterocycles. The highest BCUT2D eigenvalue weighted by molar-refractivity contribution is 5.37. The van der Waals surface area contributed by atoms with Crippen molar-refractivity contribution in [1.29, 1.82) is 0 Å². The van der Waals surface area contributed by atoms with Crippen LogP contribution in [0.25, 0.3) is 0 Å². The van der Waals surface area contributed by atoms with Crippen LogP contribution in [-0.4, -0.2) is 29.1 Å². The van der Waals surface area contributed by atoms with Gasteiger partial charge >= 0.3 is 0 Å². The summed E-state index contributed by atoms with van der Waals surface area (Å²) in [5, 5.41) is 10.0. The van der Waals surface area contributed by atoms with Crippen molar-refractivity contribution in [3.8, 4) is 5.75 Å². The Kier molecular flexibility index (Phi) is 4.86. The summed E-state index contributed by atoms with van der Waals surface area (Å²) >= 11 is 0. The fraction of sp³-hybridized carbons (Fsp3) is 0.417. The smallest absolute Gasteiger partial charge is 0.115 e. The second-order valence-electron chi connectivity index (χ2n) is 7.95. The van der Waals surface area contributed by atoms with Gasteiger partial charge in [0, 0.05) is 23.9 Å². The van der Waals surface area contributed by atoms with E-state index >= 15 is 0 Å². The van der Waals surface area contributed by atoms with Crippen molar-refractivity contribution in [1.82, 2.24) is 4.90 Å². The summed E-state index contributed by atoms with van der Waals surface area (Å²) in [4.78, 5) is 2.69. The number of phenolic OH excluding ortho intramolecular Hbond substituents is 1. The van der Waals surface area contributed by atoms with E-state index in [4.69, 9.17) is 0 Å². The van der Waals surface area contributed by atoms with E-state index < -0.39 is 0 Å². The third-order valence-electron chi connectivity index (χ3n) is 6.70. The van der Waals surface area contributed by atoms with Crippen molar-refractivity contribution in [3.05, 3.63) is 78.4 Å². The number of nitrogens with zero attached hydrogens (tertiary/aromatic N) is 1. The zero-order valence-corrected chi connectivity index (χ0v) is 15.5. The molecule has 1 saturated carbocycles. The lowest BCUT2D eigenvalue weighted by molar-refractivity contribution is 0.0115. The van der Waals surface area contributed by atoms with Gasteiger partial charge in [0.05, 0.1) is 0 Å². The van der Waals surface area contributed by atoms with E-state index in [0.29, 0.717) is 17.7 Å². The molecule has 2 bridgehead atoms. The molecule has 0 spiro atoms. The van der Waals surface area contributed by atoms with Crippen molar-refractivity contribution in [2.75, 3.05) is 13.1 Å². The molecule has 1 N–H and O–H groups in total. The molecule has 26 heavy (non-hydrogen) atoms. The van der Waals surface area contributed by atoms with Gasteiger partial charge in [-0.15, -0.1) is 6.58 Å². The molecule has 2 aromatic carbocycles. The van der Waals surface area contributed by atoms with E-state index in [0.717, 1.165) is 25.9 Å². The van der Waals surface area contributed by atoms with Gasteiger partial charge in [-0.25, -0.2) is 0 Å². The molecule has 4 rings (SSSR count). The van der Waals surface area contributed by atoms with Crippen molar-refractivity contribution in [2.24, 2.45) is 5.92 Å². The topological polar surface area (TPSA) is 23.5 Å². The molecule has 0 radical (unpaired) electrons. The van der Waals surface area contributed by atoms with Crippen LogP contribution in [0.4, 0.5) is 0 Å². The Hall–Kier alpha value is -2.06. The summed E-state index contributed by atoms with van der Waals surface area (Å²) < 4.78 is 0. The maximum absolute atomic E-state index is 10.0. The Balaban J connectivity index is 1.57. The highest BCUT2D eigenvalue weighted by Crippen LogP contribution is 2.51. The van der Waals surface area contributed by atoms with Crippen molar-refractivity contribution in [3.63, 3.8) is 0 Å². The van der Waals surface area contributed by atoms with Gasteiger partial charge in [-0.1, -0.05) is 55.0 Å². The Morgan fingerprint density at radius 1 is 1.12 bits per heavy atom. The maximum Gasteiger partial charge on any atom is 0.115 e. The molecular weight excluding hydrogens is 318 g/mol. The molecule has 2 heteroatoms. The molecule has 2 aliphatic rings. The first kappa shape index (κ1) is 17.4. The second kappa shape index (κ2) is 7.28. The van der Waals surface area contributed by atoms with Gasteiger partial charge in [-0.2, -0.15) is 0 Å². The van der Waals surface area contributed by atoms with E-state index in [1.54, 1.807) is 6.07 Å². The molecule has 1 saturated heterocycles. The standard InChI is InChI=1S/C24H29NO/c1-2-22-23-12-7-14-24(22,20-10-6-11-21(26)18-20)15-17-25(23)16-13-19-8-4-3-5-9-19/h2-6,8-11,18,22-23,26H,1,7,12-17H2/t22-,23-,24-/m1/s1. The first-order valence-corrected chi connectivity index (χ1v) is 9.93. The van der Waals surface area contributed by atoms with E-state index in [2.05, 4.69) is 54.0 Å². The largest absolute Gasteiger partial charge is 0.508 e. The third kappa shape index (κ3) is 3.07. The normalized spacial score (nSPS) is 28.6. The third-order valence-corrected chi connectivity index (χ3v) is 6.70. The summed E-state index contributed by atoms with van der Waals surface area (Å²) in [6.45, 7) is 6.48. The number of aromatic hydroxyl groups is 1. The Morgan fingerprint density at radius 3 is 2.73 bits per heavy atom. The molecule has 136 valence electrons. The van der Waals surface area contributed by atoms with Crippen molar-refractivity contribution >= 4 is 0 Å². The highest BCUT2D eigenvalue weighted by atomic mass is 16.3. The Labute approximate surface area is 157 Å². The molecule has 1 aliphatic heterocycles. The van der Waals surface area contributed by atoms with Gasteiger partial charge in [0.2, 0.25) is 0 Å². The number of piperidine rings is 1. The van der Waals surface area contributed by atoms with Crippen LogP contribution < -0.4 is 0 Å². The van der Waals surface area contributed by atoms with Crippen LogP contribution in [0.1, 0.15) is 36.8 Å². The van der Waals surface area contributed by atoms with Gasteiger partial charge in [0.1, 0.15) is 5.75 Å². The quantitative estimate of drug-likeness (QED) is 0.775. The monoisotopic (exact) mass is 347 g/mol. The average molecular weight is 348 g/mol. The number of likely N-dealkylation sites (tertiary alicyclic amines) is 1. The molecule has 1 aliphatic carbocycles. The molecule has 2 fully saturated rings. The Bertz CT molecular complexity index is 756. The zero-order chi connectivity index (χ0) is 18.0. The van der Waals surface area contributed by atoms with Crippen molar-refractivity contribution < 1.29 is 5.11 Å². The van der Waals surface area contributed by atoms with Gasteiger partial charge in [0.25, 0.3) is 0 Å². The average Bonchev–Trinajstić information content (AvgIpc) is 2.67. The summed E-state index contributed by atoms with van der Waals surface area (Å²) in [6, 6.07) is 19.3. The summed E-state index contributed by atoms with van der Waals surface area (Å²) in [7, 11) is 0. The van der Waals surface area contributed by atoms with Crippen LogP contribution >= 0.6 is 0 Å². The summed E-state index contributed by atoms with van der Waals surface area (Å²) in [6.07, 6.45) is 8.18. The molecule has 0 amide bonds. The van der Waals surface area contributed by atoms with Crippen LogP contribution in [-0.2, 0) is 11.8 Å². The number of hydrogen-bond donors (Lipinski definition) is 1. The number of fused-ring (bicyclic) bond motifs is 2. The van der Waals surface area contributed by atoms with Gasteiger partial charge in [-0.05, 0) is 55.5 Å². The number of rotatable bonds is 5. The van der Waals surface area contributed by atoms with E-state index in [-0.39, 0.29) is 5.41 Å². The van der Waals surface area contributed by atoms with E-state index in [1.165, 1.54) is 30.4 Å². The predicted molar refractivity (Wildman–Crippen MR) is 107 cm³/mol. The fourth-order valence-corrected chi connectivity index (χ4v) is 5.43. The molecule has 2 aromatic rings. The van der Waals surface area contributed by atoms with Crippen LogP contribution in [0.2, 0.25) is 0 Å². The highest BCUT2D eigenvalue weighted by Gasteiger charge is 2.50. The maximum atomic E-state index is 10.0. The minimum Gasteiger partial charge on any atom is -0.508 e. The lowest BCUT2D eigenvalue weighted by Crippen LogP contribution is -2.58. The first-order valence-electron chi connectivity index (χ1n) is 9.93. The van der Waals surface area contributed by atoms with E-state index in [9.17, 15) is 5.11 Å². The number of benzene rings is 2. The number of hydrogen-bond acceptors (Lipinski definition) is 2. The molecule has 2 nitrogen and oxygen atoms in total. The first-order chi connectivity index (χ1) is 12.7. The number of phenols is 1. The van der Waals surface area contributed by atoms with Crippen LogP contribution in [0, 0.1) is 5.92 Å². The van der Waals surface area contributed by atoms with Gasteiger partial charge in [0.15, 0.2) is 0 Å². The molecular formula is C24H29NO. The summed E-state index contributed by atoms with van der Waals surface area (Å²) in [5.41, 5.74) is 2.87. The second-order valence-corrected chi connectivity index (χ2v) is 7.95. The van der Waals surface area contributed by atoms with E-state index in [1.807, 2.05) is 12.1 Å². The van der Waals surface area contributed by atoms with Crippen LogP contribution in [0.15, 0.2) is 67.3 Å². The minimum atomic E-state index is 0.145. The molecule has 3 atom stereocenters. The lowest BCUT2D eigenvalue weighted by Gasteiger charge is -2.56. The fourth-order valence-electron chi connectivity index (χ4n) is 5.43. The van der Waals surface area contributed by atoms with Crippen molar-refractivity contribution in [2.45, 2.75) is 43.6 Å². The molecule has 1 heterocycles. The zero-order valence-electron chi connectivity index (χ0n) is 15.5. The Morgan fingerprint density at radius 2 is 1.96 bits per heavy atom. The van der Waals surface area contributed by atoms with Crippen LogP contribution in [0.3, 0.4) is 0 Å². The minimum absolute atomic E-state index is 0.145. The molecule has 0 unspecified atom stereocenters. The van der Waals surface area contributed by atoms with Gasteiger partial charge < -0.3 is 5.11 Å². The lowest BCUT2D eigenvalue weighted by atomic mass is 9.57. The summed E-state index contributed by atoms with van der Waals surface area (Å²) in [5.74, 6) is 0.843. The SMILES string of the molecule is C=C[C@@H]1[C@H]2CCC[C@]1(c1cccc(O)c1)CCN2CCc1ccccc1.